The molecule has 0 spiro atoms. The van der Waals surface area contributed by atoms with E-state index in [-0.39, 0.29) is 0 Å². The fraction of sp³-hybridized carbons (Fsp3) is 0. The molecule has 106 valence electrons. The van der Waals surface area contributed by atoms with Gasteiger partial charge in [0.05, 0.1) is 0 Å². The van der Waals surface area contributed by atoms with Crippen molar-refractivity contribution in [1.29, 1.82) is 0 Å². The van der Waals surface area contributed by atoms with Crippen molar-refractivity contribution in [2.75, 3.05) is 0 Å². The van der Waals surface area contributed by atoms with Crippen molar-refractivity contribution in [1.82, 2.24) is 0 Å². The van der Waals surface area contributed by atoms with Gasteiger partial charge in [0, 0.05) is 0 Å². The molecular weight excluding hydrogens is 252 g/mol. The largest absolute Gasteiger partial charge is 0.137 e. The third kappa shape index (κ3) is 8.05. The maximum Gasteiger partial charge on any atom is -0.0190 e. The van der Waals surface area contributed by atoms with Crippen LogP contribution in [0.15, 0.2) is 93.2 Å². The zero-order valence-electron chi connectivity index (χ0n) is 12.5. The molecule has 0 radical (unpaired) electrons. The molecule has 21 heavy (non-hydrogen) atoms. The van der Waals surface area contributed by atoms with Gasteiger partial charge in [-0.3, -0.25) is 0 Å². The number of hydrogen-bond donors (Lipinski definition) is 0. The van der Waals surface area contributed by atoms with Crippen LogP contribution in [0.4, 0.5) is 0 Å². The molecule has 0 fully saturated rings. The summed E-state index contributed by atoms with van der Waals surface area (Å²) in [5.74, 6) is 0. The highest BCUT2D eigenvalue weighted by molar-refractivity contribution is 5.63. The molecule has 2 aromatic carbocycles. The molecule has 2 rings (SSSR count). The average Bonchev–Trinajstić information content (AvgIpc) is 2.56. The lowest BCUT2D eigenvalue weighted by molar-refractivity contribution is 1.62. The molecule has 0 aliphatic carbocycles. The van der Waals surface area contributed by atoms with Crippen molar-refractivity contribution in [2.24, 2.45) is 0 Å². The Balaban J connectivity index is 0.000000327. The van der Waals surface area contributed by atoms with Gasteiger partial charge in [0.25, 0.3) is 0 Å². The van der Waals surface area contributed by atoms with E-state index in [1.807, 2.05) is 72.8 Å². The highest BCUT2D eigenvalue weighted by atomic mass is 13.9. The third-order valence-corrected chi connectivity index (χ3v) is 2.47. The zero-order valence-corrected chi connectivity index (χ0v) is 12.5. The summed E-state index contributed by atoms with van der Waals surface area (Å²) in [6, 6.07) is 18.0. The third-order valence-electron chi connectivity index (χ3n) is 2.47. The van der Waals surface area contributed by atoms with E-state index in [9.17, 15) is 0 Å². The number of benzene rings is 2. The van der Waals surface area contributed by atoms with Crippen LogP contribution < -0.4 is 0 Å². The standard InChI is InChI=1S/C10H10.C8H8.C3H4/c1-3-9-7-5-6-8-10(9)4-2;1-2-8-6-4-3-5-7-8;1-3-2/h3-8H,1-2H2;2-7H,1H2;1-2H2. The number of rotatable bonds is 3. The topological polar surface area (TPSA) is 0 Å². The summed E-state index contributed by atoms with van der Waals surface area (Å²) < 4.78 is 0. The first-order valence-corrected chi connectivity index (χ1v) is 6.54. The van der Waals surface area contributed by atoms with Gasteiger partial charge in [-0.05, 0) is 16.7 Å². The van der Waals surface area contributed by atoms with E-state index in [1.165, 1.54) is 5.56 Å². The van der Waals surface area contributed by atoms with Gasteiger partial charge in [-0.2, -0.15) is 0 Å². The summed E-state index contributed by atoms with van der Waals surface area (Å²) in [5.41, 5.74) is 5.70. The van der Waals surface area contributed by atoms with Crippen molar-refractivity contribution in [2.45, 2.75) is 0 Å². The van der Waals surface area contributed by atoms with Gasteiger partial charge < -0.3 is 0 Å². The molecule has 2 aromatic rings. The van der Waals surface area contributed by atoms with Gasteiger partial charge in [0.1, 0.15) is 0 Å². The normalized spacial score (nSPS) is 7.81. The molecule has 0 heteroatoms. The predicted octanol–water partition coefficient (Wildman–Crippen LogP) is 6.26. The van der Waals surface area contributed by atoms with Crippen LogP contribution in [0, 0.1) is 0 Å². The molecule has 0 amide bonds. The Morgan fingerprint density at radius 3 is 1.29 bits per heavy atom. The summed E-state index contributed by atoms with van der Waals surface area (Å²) in [7, 11) is 0. The average molecular weight is 274 g/mol. The van der Waals surface area contributed by atoms with Crippen molar-refractivity contribution in [3.63, 3.8) is 0 Å². The van der Waals surface area contributed by atoms with Crippen LogP contribution in [-0.4, -0.2) is 0 Å². The maximum absolute atomic E-state index is 3.69. The van der Waals surface area contributed by atoms with Crippen molar-refractivity contribution in [3.05, 3.63) is 110 Å². The molecule has 0 aromatic heterocycles. The fourth-order valence-electron chi connectivity index (χ4n) is 1.47. The minimum Gasteiger partial charge on any atom is -0.137 e. The highest BCUT2D eigenvalue weighted by Crippen LogP contribution is 2.10. The summed E-state index contributed by atoms with van der Waals surface area (Å²) in [6.45, 7) is 17.3. The van der Waals surface area contributed by atoms with Crippen LogP contribution in [-0.2, 0) is 0 Å². The summed E-state index contributed by atoms with van der Waals surface area (Å²) in [4.78, 5) is 0. The van der Waals surface area contributed by atoms with Crippen molar-refractivity contribution >= 4 is 18.2 Å². The monoisotopic (exact) mass is 274 g/mol. The van der Waals surface area contributed by atoms with Crippen LogP contribution in [0.1, 0.15) is 16.7 Å². The second-order valence-electron chi connectivity index (χ2n) is 3.90. The molecular formula is C21H22. The Kier molecular flexibility index (Phi) is 10.6. The van der Waals surface area contributed by atoms with Crippen molar-refractivity contribution < 1.29 is 0 Å². The lowest BCUT2D eigenvalue weighted by atomic mass is 10.1. The van der Waals surface area contributed by atoms with Gasteiger partial charge in [-0.25, -0.2) is 0 Å². The van der Waals surface area contributed by atoms with E-state index in [2.05, 4.69) is 38.6 Å². The summed E-state index contributed by atoms with van der Waals surface area (Å²) in [6.07, 6.45) is 5.49. The first-order valence-electron chi connectivity index (χ1n) is 6.54. The lowest BCUT2D eigenvalue weighted by Crippen LogP contribution is -1.76. The Bertz CT molecular complexity index is 555. The Morgan fingerprint density at radius 1 is 0.619 bits per heavy atom. The smallest absolute Gasteiger partial charge is 0.0190 e. The molecule has 0 aliphatic heterocycles. The van der Waals surface area contributed by atoms with Crippen LogP contribution in [0.5, 0.6) is 0 Å². The lowest BCUT2D eigenvalue weighted by Gasteiger charge is -1.96. The molecule has 0 nitrogen and oxygen atoms in total. The molecule has 0 atom stereocenters. The van der Waals surface area contributed by atoms with E-state index in [4.69, 9.17) is 0 Å². The Hall–Kier alpha value is -2.82. The van der Waals surface area contributed by atoms with Gasteiger partial charge in [-0.15, -0.1) is 5.73 Å². The fourth-order valence-corrected chi connectivity index (χ4v) is 1.47. The van der Waals surface area contributed by atoms with Gasteiger partial charge in [-0.1, -0.05) is 106 Å². The molecule has 0 saturated heterocycles. The van der Waals surface area contributed by atoms with Crippen LogP contribution in [0.2, 0.25) is 0 Å². The van der Waals surface area contributed by atoms with Gasteiger partial charge >= 0.3 is 0 Å². The van der Waals surface area contributed by atoms with E-state index in [0.717, 1.165) is 11.1 Å². The minimum atomic E-state index is 1.14. The van der Waals surface area contributed by atoms with Gasteiger partial charge in [0.2, 0.25) is 0 Å². The molecule has 0 saturated carbocycles. The first kappa shape index (κ1) is 18.2. The maximum atomic E-state index is 3.69. The minimum absolute atomic E-state index is 1.14. The van der Waals surface area contributed by atoms with E-state index >= 15 is 0 Å². The highest BCUT2D eigenvalue weighted by Gasteiger charge is 1.89. The van der Waals surface area contributed by atoms with Crippen LogP contribution >= 0.6 is 0 Å². The molecule has 0 aliphatic rings. The molecule has 0 N–H and O–H groups in total. The van der Waals surface area contributed by atoms with Crippen LogP contribution in [0.3, 0.4) is 0 Å². The molecule has 0 unspecified atom stereocenters. The zero-order chi connectivity index (χ0) is 15.9. The second-order valence-corrected chi connectivity index (χ2v) is 3.90. The van der Waals surface area contributed by atoms with Gasteiger partial charge in [0.15, 0.2) is 0 Å². The number of hydrogen-bond acceptors (Lipinski definition) is 0. The SMILES string of the molecule is C=C=C.C=Cc1ccccc1.C=Cc1ccccc1C=C. The van der Waals surface area contributed by atoms with E-state index in [0.29, 0.717) is 0 Å². The van der Waals surface area contributed by atoms with E-state index in [1.54, 1.807) is 0 Å². The van der Waals surface area contributed by atoms with Crippen molar-refractivity contribution in [3.8, 4) is 0 Å². The molecule has 0 heterocycles. The summed E-state index contributed by atoms with van der Waals surface area (Å²) >= 11 is 0. The second kappa shape index (κ2) is 12.2. The predicted molar refractivity (Wildman–Crippen MR) is 97.9 cm³/mol. The van der Waals surface area contributed by atoms with E-state index < -0.39 is 0 Å². The van der Waals surface area contributed by atoms with Crippen LogP contribution in [0.25, 0.3) is 18.2 Å². The Labute approximate surface area is 128 Å². The Morgan fingerprint density at radius 2 is 1.00 bits per heavy atom. The molecule has 0 bridgehead atoms. The first-order chi connectivity index (χ1) is 10.2. The summed E-state index contributed by atoms with van der Waals surface area (Å²) in [5, 5.41) is 0. The quantitative estimate of drug-likeness (QED) is 0.579.